The minimum absolute atomic E-state index is 0.0914. The number of carbonyl (C=O) groups is 1. The Labute approximate surface area is 176 Å². The summed E-state index contributed by atoms with van der Waals surface area (Å²) in [5.41, 5.74) is 7.10. The summed E-state index contributed by atoms with van der Waals surface area (Å²) in [6.07, 6.45) is 16.5. The molecule has 1 aromatic carbocycles. The molecule has 0 saturated heterocycles. The van der Waals surface area contributed by atoms with E-state index in [1.165, 1.54) is 35.1 Å². The van der Waals surface area contributed by atoms with Crippen molar-refractivity contribution in [2.45, 2.75) is 65.8 Å². The molecule has 2 heteroatoms. The summed E-state index contributed by atoms with van der Waals surface area (Å²) in [5.74, 6) is 0.837. The second-order valence-electron chi connectivity index (χ2n) is 8.07. The molecule has 1 aliphatic carbocycles. The molecule has 1 atom stereocenters. The van der Waals surface area contributed by atoms with E-state index in [4.69, 9.17) is 0 Å². The first-order valence-electron chi connectivity index (χ1n) is 10.8. The molecule has 0 radical (unpaired) electrons. The van der Waals surface area contributed by atoms with E-state index in [2.05, 4.69) is 80.4 Å². The number of ketones is 1. The Kier molecular flexibility index (Phi) is 6.74. The number of carbonyl (C=O) groups excluding carboxylic acids is 1. The highest BCUT2D eigenvalue weighted by molar-refractivity contribution is 5.93. The Morgan fingerprint density at radius 3 is 2.62 bits per heavy atom. The lowest BCUT2D eigenvalue weighted by Crippen LogP contribution is -2.31. The van der Waals surface area contributed by atoms with Crippen LogP contribution in [0.1, 0.15) is 70.9 Å². The van der Waals surface area contributed by atoms with Crippen molar-refractivity contribution in [3.63, 3.8) is 0 Å². The molecule has 3 rings (SSSR count). The van der Waals surface area contributed by atoms with Crippen LogP contribution in [0.2, 0.25) is 0 Å². The van der Waals surface area contributed by atoms with Gasteiger partial charge in [0.25, 0.3) is 0 Å². The normalized spacial score (nSPS) is 20.7. The number of benzene rings is 1. The molecule has 29 heavy (non-hydrogen) atoms. The summed E-state index contributed by atoms with van der Waals surface area (Å²) in [6.45, 7) is 10.0. The summed E-state index contributed by atoms with van der Waals surface area (Å²) < 4.78 is 0. The zero-order valence-electron chi connectivity index (χ0n) is 18.4. The van der Waals surface area contributed by atoms with Crippen molar-refractivity contribution in [3.8, 4) is 0 Å². The number of hydrogen-bond donors (Lipinski definition) is 0. The standard InChI is InChI=1S/C27H33NO/c1-6-8-12-26(20(4)23-10-9-11-24(17-23)22-15-16-22)25-14-13-19(3)28(18-25)27(7-2)21(5)29/h7-14,17-19,22H,6,15-16H2,1-5H3/b12-8-,26-20-,27-7-. The molecule has 1 unspecified atom stereocenters. The molecule has 2 nitrogen and oxygen atoms in total. The predicted molar refractivity (Wildman–Crippen MR) is 123 cm³/mol. The third-order valence-electron chi connectivity index (χ3n) is 5.79. The first-order chi connectivity index (χ1) is 14.0. The second kappa shape index (κ2) is 9.26. The Bertz CT molecular complexity index is 922. The summed E-state index contributed by atoms with van der Waals surface area (Å²) in [7, 11) is 0. The molecule has 1 fully saturated rings. The smallest absolute Gasteiger partial charge is 0.175 e. The van der Waals surface area contributed by atoms with Crippen molar-refractivity contribution in [3.05, 3.63) is 88.8 Å². The predicted octanol–water partition coefficient (Wildman–Crippen LogP) is 6.94. The maximum atomic E-state index is 12.1. The van der Waals surface area contributed by atoms with Crippen molar-refractivity contribution >= 4 is 11.4 Å². The summed E-state index contributed by atoms with van der Waals surface area (Å²) in [6, 6.07) is 9.16. The molecule has 0 N–H and O–H groups in total. The van der Waals surface area contributed by atoms with Crippen molar-refractivity contribution in [2.24, 2.45) is 0 Å². The molecular weight excluding hydrogens is 354 g/mol. The molecule has 0 amide bonds. The quantitative estimate of drug-likeness (QED) is 0.373. The Hall–Kier alpha value is -2.61. The average molecular weight is 388 g/mol. The van der Waals surface area contributed by atoms with E-state index in [9.17, 15) is 4.79 Å². The minimum atomic E-state index is 0.0914. The minimum Gasteiger partial charge on any atom is -0.338 e. The van der Waals surface area contributed by atoms with Crippen LogP contribution < -0.4 is 0 Å². The van der Waals surface area contributed by atoms with Crippen LogP contribution >= 0.6 is 0 Å². The number of rotatable bonds is 7. The largest absolute Gasteiger partial charge is 0.338 e. The fourth-order valence-corrected chi connectivity index (χ4v) is 3.90. The van der Waals surface area contributed by atoms with Gasteiger partial charge in [0.2, 0.25) is 0 Å². The number of Topliss-reactive ketones (excluding diaryl/α,β-unsaturated/α-hetero) is 1. The first kappa shape index (κ1) is 21.1. The van der Waals surface area contributed by atoms with Gasteiger partial charge in [-0.3, -0.25) is 4.79 Å². The third kappa shape index (κ3) is 4.87. The van der Waals surface area contributed by atoms with Gasteiger partial charge in [0.15, 0.2) is 5.78 Å². The molecule has 0 spiro atoms. The van der Waals surface area contributed by atoms with Gasteiger partial charge in [-0.1, -0.05) is 61.6 Å². The number of allylic oxidation sites excluding steroid dienone is 8. The lowest BCUT2D eigenvalue weighted by atomic mass is 9.92. The van der Waals surface area contributed by atoms with Crippen LogP contribution in [0, 0.1) is 0 Å². The van der Waals surface area contributed by atoms with E-state index in [0.29, 0.717) is 0 Å². The molecule has 1 aliphatic heterocycles. The van der Waals surface area contributed by atoms with Crippen LogP contribution in [0.15, 0.2) is 77.7 Å². The van der Waals surface area contributed by atoms with Gasteiger partial charge in [0.1, 0.15) is 0 Å². The topological polar surface area (TPSA) is 20.3 Å². The zero-order valence-corrected chi connectivity index (χ0v) is 18.4. The fraction of sp³-hybridized carbons (Fsp3) is 0.370. The average Bonchev–Trinajstić information content (AvgIpc) is 3.56. The molecule has 2 aliphatic rings. The fourth-order valence-electron chi connectivity index (χ4n) is 3.90. The van der Waals surface area contributed by atoms with Gasteiger partial charge in [-0.2, -0.15) is 0 Å². The molecule has 0 aromatic heterocycles. The third-order valence-corrected chi connectivity index (χ3v) is 5.79. The summed E-state index contributed by atoms with van der Waals surface area (Å²) in [4.78, 5) is 14.2. The van der Waals surface area contributed by atoms with E-state index in [1.54, 1.807) is 6.92 Å². The van der Waals surface area contributed by atoms with Gasteiger partial charge in [-0.15, -0.1) is 0 Å². The van der Waals surface area contributed by atoms with Crippen LogP contribution in [0.25, 0.3) is 5.57 Å². The molecule has 0 bridgehead atoms. The van der Waals surface area contributed by atoms with Crippen molar-refractivity contribution in [1.82, 2.24) is 4.90 Å². The van der Waals surface area contributed by atoms with E-state index in [0.717, 1.165) is 23.6 Å². The maximum Gasteiger partial charge on any atom is 0.175 e. The lowest BCUT2D eigenvalue weighted by Gasteiger charge is -2.31. The molecular formula is C27H33NO. The van der Waals surface area contributed by atoms with Gasteiger partial charge < -0.3 is 4.90 Å². The Morgan fingerprint density at radius 2 is 2.00 bits per heavy atom. The molecule has 1 aromatic rings. The van der Waals surface area contributed by atoms with Crippen LogP contribution in [0.5, 0.6) is 0 Å². The van der Waals surface area contributed by atoms with E-state index in [1.807, 2.05) is 13.0 Å². The first-order valence-corrected chi connectivity index (χ1v) is 10.8. The van der Waals surface area contributed by atoms with Crippen molar-refractivity contribution in [1.29, 1.82) is 0 Å². The van der Waals surface area contributed by atoms with Crippen molar-refractivity contribution < 1.29 is 4.79 Å². The molecule has 1 saturated carbocycles. The van der Waals surface area contributed by atoms with E-state index >= 15 is 0 Å². The summed E-state index contributed by atoms with van der Waals surface area (Å²) >= 11 is 0. The molecule has 1 heterocycles. The highest BCUT2D eigenvalue weighted by atomic mass is 16.1. The van der Waals surface area contributed by atoms with Gasteiger partial charge in [-0.25, -0.2) is 0 Å². The Balaban J connectivity index is 2.07. The Morgan fingerprint density at radius 1 is 1.24 bits per heavy atom. The van der Waals surface area contributed by atoms with Crippen molar-refractivity contribution in [2.75, 3.05) is 0 Å². The van der Waals surface area contributed by atoms with Crippen LogP contribution in [-0.4, -0.2) is 16.7 Å². The highest BCUT2D eigenvalue weighted by Gasteiger charge is 2.24. The van der Waals surface area contributed by atoms with Gasteiger partial charge in [0, 0.05) is 19.2 Å². The van der Waals surface area contributed by atoms with E-state index < -0.39 is 0 Å². The van der Waals surface area contributed by atoms with E-state index in [-0.39, 0.29) is 11.8 Å². The number of hydrogen-bond acceptors (Lipinski definition) is 2. The SMILES string of the molecule is C/C=C(/C(C)=O)N1C=C(C(/C=C\CC)=C(/C)c2cccc(C3CC3)c2)C=CC1C. The van der Waals surface area contributed by atoms with Crippen LogP contribution in [0.3, 0.4) is 0 Å². The maximum absolute atomic E-state index is 12.1. The van der Waals surface area contributed by atoms with Crippen LogP contribution in [0.4, 0.5) is 0 Å². The highest BCUT2D eigenvalue weighted by Crippen LogP contribution is 2.41. The second-order valence-corrected chi connectivity index (χ2v) is 8.07. The van der Waals surface area contributed by atoms with Gasteiger partial charge >= 0.3 is 0 Å². The molecule has 152 valence electrons. The summed E-state index contributed by atoms with van der Waals surface area (Å²) in [5, 5.41) is 0. The van der Waals surface area contributed by atoms with Crippen LogP contribution in [-0.2, 0) is 4.79 Å². The monoisotopic (exact) mass is 387 g/mol. The number of nitrogens with zero attached hydrogens (tertiary/aromatic N) is 1. The lowest BCUT2D eigenvalue weighted by molar-refractivity contribution is -0.114. The van der Waals surface area contributed by atoms with Gasteiger partial charge in [-0.05, 0) is 73.8 Å². The zero-order chi connectivity index (χ0) is 21.0. The van der Waals surface area contributed by atoms with Gasteiger partial charge in [0.05, 0.1) is 5.70 Å².